The Morgan fingerprint density at radius 1 is 1.15 bits per heavy atom. The first kappa shape index (κ1) is 18.8. The van der Waals surface area contributed by atoms with Crippen LogP contribution in [0.25, 0.3) is 0 Å². The van der Waals surface area contributed by atoms with Crippen molar-refractivity contribution in [1.29, 1.82) is 0 Å². The number of aromatic nitrogens is 1. The van der Waals surface area contributed by atoms with E-state index in [1.54, 1.807) is 48.7 Å². The van der Waals surface area contributed by atoms with Gasteiger partial charge in [-0.15, -0.1) is 0 Å². The number of pyridine rings is 1. The highest BCUT2D eigenvalue weighted by Gasteiger charge is 2.32. The van der Waals surface area contributed by atoms with E-state index >= 15 is 0 Å². The normalized spacial score (nSPS) is 12.5. The third kappa shape index (κ3) is 4.09. The van der Waals surface area contributed by atoms with Crippen LogP contribution in [0.5, 0.6) is 0 Å². The molecule has 1 aromatic carbocycles. The van der Waals surface area contributed by atoms with Crippen molar-refractivity contribution in [3.63, 3.8) is 0 Å². The van der Waals surface area contributed by atoms with Gasteiger partial charge in [0.1, 0.15) is 11.0 Å². The molecule has 27 heavy (non-hydrogen) atoms. The molecule has 2 heterocycles. The van der Waals surface area contributed by atoms with Gasteiger partial charge in [-0.3, -0.25) is 9.78 Å². The summed E-state index contributed by atoms with van der Waals surface area (Å²) >= 11 is 0. The Bertz CT molecular complexity index is 1030. The second-order valence-corrected chi connectivity index (χ2v) is 8.38. The van der Waals surface area contributed by atoms with Crippen LogP contribution in [-0.2, 0) is 9.84 Å². The van der Waals surface area contributed by atoms with Gasteiger partial charge in [0, 0.05) is 18.9 Å². The van der Waals surface area contributed by atoms with Crippen molar-refractivity contribution in [1.82, 2.24) is 10.3 Å². The van der Waals surface area contributed by atoms with Crippen LogP contribution in [0.15, 0.2) is 70.4 Å². The topological polar surface area (TPSA) is 89.3 Å². The SMILES string of the molecule is Cc1ccc(S(=O)(=O)[C@H](CNC(=O)c2cccnc2)c2ccco2)cc1C. The maximum Gasteiger partial charge on any atom is 0.252 e. The number of nitrogens with zero attached hydrogens (tertiary/aromatic N) is 1. The van der Waals surface area contributed by atoms with Crippen LogP contribution in [0, 0.1) is 13.8 Å². The summed E-state index contributed by atoms with van der Waals surface area (Å²) in [5.41, 5.74) is 2.25. The van der Waals surface area contributed by atoms with E-state index in [1.807, 2.05) is 13.8 Å². The number of sulfone groups is 1. The molecular formula is C20H20N2O4S. The fraction of sp³-hybridized carbons (Fsp3) is 0.200. The molecule has 0 aliphatic rings. The Morgan fingerprint density at radius 3 is 2.59 bits per heavy atom. The number of nitrogens with one attached hydrogen (secondary N) is 1. The van der Waals surface area contributed by atoms with Gasteiger partial charge in [-0.25, -0.2) is 8.42 Å². The summed E-state index contributed by atoms with van der Waals surface area (Å²) in [4.78, 5) is 16.4. The highest BCUT2D eigenvalue weighted by molar-refractivity contribution is 7.91. The van der Waals surface area contributed by atoms with Crippen molar-refractivity contribution in [3.8, 4) is 0 Å². The maximum absolute atomic E-state index is 13.2. The molecule has 3 rings (SSSR count). The van der Waals surface area contributed by atoms with E-state index in [2.05, 4.69) is 10.3 Å². The Morgan fingerprint density at radius 2 is 1.96 bits per heavy atom. The summed E-state index contributed by atoms with van der Waals surface area (Å²) in [6.07, 6.45) is 4.41. The first-order chi connectivity index (χ1) is 12.9. The number of amides is 1. The zero-order valence-corrected chi connectivity index (χ0v) is 15.9. The highest BCUT2D eigenvalue weighted by atomic mass is 32.2. The van der Waals surface area contributed by atoms with Crippen LogP contribution in [0.1, 0.15) is 32.5 Å². The lowest BCUT2D eigenvalue weighted by Gasteiger charge is -2.17. The quantitative estimate of drug-likeness (QED) is 0.705. The largest absolute Gasteiger partial charge is 0.468 e. The number of furan rings is 1. The summed E-state index contributed by atoms with van der Waals surface area (Å²) in [5.74, 6) is -0.116. The highest BCUT2D eigenvalue weighted by Crippen LogP contribution is 2.30. The second-order valence-electron chi connectivity index (χ2n) is 6.25. The molecule has 0 spiro atoms. The van der Waals surface area contributed by atoms with Crippen LogP contribution in [0.3, 0.4) is 0 Å². The molecule has 0 bridgehead atoms. The predicted octanol–water partition coefficient (Wildman–Crippen LogP) is 3.24. The van der Waals surface area contributed by atoms with Crippen molar-refractivity contribution in [2.75, 3.05) is 6.54 Å². The number of aryl methyl sites for hydroxylation is 2. The summed E-state index contributed by atoms with van der Waals surface area (Å²) in [6.45, 7) is 3.67. The van der Waals surface area contributed by atoms with Crippen LogP contribution in [0.2, 0.25) is 0 Å². The van der Waals surface area contributed by atoms with Crippen molar-refractivity contribution in [2.45, 2.75) is 24.0 Å². The van der Waals surface area contributed by atoms with E-state index in [1.165, 1.54) is 12.5 Å². The minimum Gasteiger partial charge on any atom is -0.468 e. The first-order valence-corrected chi connectivity index (χ1v) is 9.97. The molecule has 140 valence electrons. The van der Waals surface area contributed by atoms with Crippen molar-refractivity contribution in [3.05, 3.63) is 83.6 Å². The molecule has 0 aliphatic carbocycles. The number of hydrogen-bond acceptors (Lipinski definition) is 5. The smallest absolute Gasteiger partial charge is 0.252 e. The summed E-state index contributed by atoms with van der Waals surface area (Å²) in [6, 6.07) is 11.5. The third-order valence-corrected chi connectivity index (χ3v) is 6.47. The number of carbonyl (C=O) groups is 1. The van der Waals surface area contributed by atoms with Gasteiger partial charge >= 0.3 is 0 Å². The van der Waals surface area contributed by atoms with E-state index in [9.17, 15) is 13.2 Å². The van der Waals surface area contributed by atoms with Gasteiger partial charge in [0.25, 0.3) is 5.91 Å². The van der Waals surface area contributed by atoms with E-state index in [-0.39, 0.29) is 17.2 Å². The zero-order valence-electron chi connectivity index (χ0n) is 15.0. The van der Waals surface area contributed by atoms with Crippen LogP contribution in [-0.4, -0.2) is 25.9 Å². The van der Waals surface area contributed by atoms with Crippen molar-refractivity contribution >= 4 is 15.7 Å². The van der Waals surface area contributed by atoms with Gasteiger partial charge in [0.05, 0.1) is 16.7 Å². The van der Waals surface area contributed by atoms with E-state index in [0.717, 1.165) is 11.1 Å². The fourth-order valence-corrected chi connectivity index (χ4v) is 4.35. The Kier molecular flexibility index (Phi) is 5.41. The Labute approximate surface area is 158 Å². The number of hydrogen-bond donors (Lipinski definition) is 1. The van der Waals surface area contributed by atoms with Gasteiger partial charge in [0.2, 0.25) is 0 Å². The monoisotopic (exact) mass is 384 g/mol. The lowest BCUT2D eigenvalue weighted by molar-refractivity contribution is 0.0953. The molecule has 1 N–H and O–H groups in total. The van der Waals surface area contributed by atoms with Gasteiger partial charge in [-0.1, -0.05) is 6.07 Å². The van der Waals surface area contributed by atoms with E-state index < -0.39 is 21.0 Å². The molecular weight excluding hydrogens is 364 g/mol. The Balaban J connectivity index is 1.90. The molecule has 0 saturated carbocycles. The molecule has 1 atom stereocenters. The fourth-order valence-electron chi connectivity index (χ4n) is 2.68. The molecule has 0 radical (unpaired) electrons. The number of rotatable bonds is 6. The van der Waals surface area contributed by atoms with Gasteiger partial charge in [-0.2, -0.15) is 0 Å². The Hall–Kier alpha value is -2.93. The number of benzene rings is 1. The minimum atomic E-state index is -3.77. The molecule has 0 aliphatic heterocycles. The summed E-state index contributed by atoms with van der Waals surface area (Å²) < 4.78 is 31.8. The molecule has 0 fully saturated rings. The molecule has 6 nitrogen and oxygen atoms in total. The summed E-state index contributed by atoms with van der Waals surface area (Å²) in [7, 11) is -3.77. The van der Waals surface area contributed by atoms with Crippen LogP contribution < -0.4 is 5.32 Å². The third-order valence-electron chi connectivity index (χ3n) is 4.41. The molecule has 0 unspecified atom stereocenters. The number of carbonyl (C=O) groups excluding carboxylic acids is 1. The molecule has 7 heteroatoms. The van der Waals surface area contributed by atoms with Crippen molar-refractivity contribution in [2.24, 2.45) is 0 Å². The van der Waals surface area contributed by atoms with Crippen LogP contribution in [0.4, 0.5) is 0 Å². The summed E-state index contributed by atoms with van der Waals surface area (Å²) in [5, 5.41) is 1.64. The standard InChI is InChI=1S/C20H20N2O4S/c1-14-7-8-17(11-15(14)2)27(24,25)19(18-6-4-10-26-18)13-22-20(23)16-5-3-9-21-12-16/h3-12,19H,13H2,1-2H3,(H,22,23)/t19-/m1/s1. The van der Waals surface area contributed by atoms with E-state index in [4.69, 9.17) is 4.42 Å². The minimum absolute atomic E-state index is 0.115. The molecule has 2 aromatic heterocycles. The molecule has 0 saturated heterocycles. The predicted molar refractivity (Wildman–Crippen MR) is 101 cm³/mol. The zero-order chi connectivity index (χ0) is 19.4. The lowest BCUT2D eigenvalue weighted by atomic mass is 10.1. The first-order valence-electron chi connectivity index (χ1n) is 8.42. The lowest BCUT2D eigenvalue weighted by Crippen LogP contribution is -2.31. The van der Waals surface area contributed by atoms with E-state index in [0.29, 0.717) is 5.56 Å². The maximum atomic E-state index is 13.2. The van der Waals surface area contributed by atoms with Crippen LogP contribution >= 0.6 is 0 Å². The molecule has 1 amide bonds. The average Bonchev–Trinajstić information content (AvgIpc) is 3.18. The average molecular weight is 384 g/mol. The second kappa shape index (κ2) is 7.75. The van der Waals surface area contributed by atoms with Gasteiger partial charge in [0.15, 0.2) is 9.84 Å². The van der Waals surface area contributed by atoms with Gasteiger partial charge in [-0.05, 0) is 61.4 Å². The van der Waals surface area contributed by atoms with Crippen molar-refractivity contribution < 1.29 is 17.6 Å². The molecule has 3 aromatic rings. The van der Waals surface area contributed by atoms with Gasteiger partial charge < -0.3 is 9.73 Å².